The molecule has 0 aliphatic carbocycles. The van der Waals surface area contributed by atoms with E-state index in [0.717, 1.165) is 9.20 Å². The molecule has 3 aromatic carbocycles. The minimum Gasteiger partial charge on any atom is -0.495 e. The van der Waals surface area contributed by atoms with Gasteiger partial charge in [-0.1, -0.05) is 24.3 Å². The number of rotatable bonds is 10. The Hall–Kier alpha value is -3.17. The van der Waals surface area contributed by atoms with Crippen molar-refractivity contribution in [3.05, 3.63) is 72.8 Å². The summed E-state index contributed by atoms with van der Waals surface area (Å²) in [5.41, 5.74) is 0.730. The lowest BCUT2D eigenvalue weighted by Gasteiger charge is -2.26. The molecule has 0 aliphatic rings. The minimum atomic E-state index is -4.07. The molecule has 0 fully saturated rings. The second-order valence-corrected chi connectivity index (χ2v) is 9.58. The summed E-state index contributed by atoms with van der Waals surface area (Å²) in [7, 11) is -2.57. The van der Waals surface area contributed by atoms with Crippen molar-refractivity contribution in [3.8, 4) is 11.5 Å². The van der Waals surface area contributed by atoms with Gasteiger partial charge in [0.15, 0.2) is 0 Å². The van der Waals surface area contributed by atoms with Crippen molar-refractivity contribution in [2.24, 2.45) is 0 Å². The van der Waals surface area contributed by atoms with Crippen LogP contribution in [0.2, 0.25) is 0 Å². The number of thioether (sulfide) groups is 1. The number of amides is 1. The van der Waals surface area contributed by atoms with Crippen LogP contribution in [-0.2, 0) is 14.8 Å². The number of nitrogens with one attached hydrogen (secondary N) is 1. The summed E-state index contributed by atoms with van der Waals surface area (Å²) < 4.78 is 39.3. The Morgan fingerprint density at radius 3 is 2.24 bits per heavy atom. The van der Waals surface area contributed by atoms with E-state index in [1.165, 1.54) is 31.0 Å². The topological polar surface area (TPSA) is 84.9 Å². The first kappa shape index (κ1) is 24.5. The van der Waals surface area contributed by atoms with Crippen molar-refractivity contribution in [1.29, 1.82) is 0 Å². The number of carbonyl (C=O) groups excluding carboxylic acids is 1. The number of nitrogens with zero attached hydrogens (tertiary/aromatic N) is 1. The molecule has 1 amide bonds. The first-order chi connectivity index (χ1) is 15.9. The van der Waals surface area contributed by atoms with Gasteiger partial charge in [-0.25, -0.2) is 8.42 Å². The molecule has 33 heavy (non-hydrogen) atoms. The first-order valence-corrected chi connectivity index (χ1v) is 12.9. The van der Waals surface area contributed by atoms with Gasteiger partial charge in [-0.05, 0) is 61.7 Å². The number of para-hydroxylation sites is 4. The van der Waals surface area contributed by atoms with E-state index in [9.17, 15) is 13.2 Å². The molecule has 0 heterocycles. The van der Waals surface area contributed by atoms with E-state index >= 15 is 0 Å². The Labute approximate surface area is 198 Å². The van der Waals surface area contributed by atoms with Crippen LogP contribution in [0.3, 0.4) is 0 Å². The third kappa shape index (κ3) is 5.80. The first-order valence-electron chi connectivity index (χ1n) is 10.2. The van der Waals surface area contributed by atoms with E-state index in [4.69, 9.17) is 9.47 Å². The molecule has 0 saturated carbocycles. The summed E-state index contributed by atoms with van der Waals surface area (Å²) >= 11 is 1.51. The smallest absolute Gasteiger partial charge is 0.264 e. The third-order valence-electron chi connectivity index (χ3n) is 4.75. The molecule has 0 aromatic heterocycles. The Bertz CT molecular complexity index is 1200. The Balaban J connectivity index is 2.01. The van der Waals surface area contributed by atoms with Crippen LogP contribution in [0.25, 0.3) is 0 Å². The largest absolute Gasteiger partial charge is 0.495 e. The van der Waals surface area contributed by atoms with Gasteiger partial charge in [0, 0.05) is 4.90 Å². The van der Waals surface area contributed by atoms with Crippen LogP contribution < -0.4 is 19.1 Å². The number of ether oxygens (including phenoxy) is 2. The number of methoxy groups -OCH3 is 1. The molecule has 0 aliphatic heterocycles. The van der Waals surface area contributed by atoms with Gasteiger partial charge in [0.05, 0.1) is 30.0 Å². The molecule has 3 aromatic rings. The summed E-state index contributed by atoms with van der Waals surface area (Å²) in [6.45, 7) is 1.71. The highest BCUT2D eigenvalue weighted by Gasteiger charge is 2.29. The fourth-order valence-electron chi connectivity index (χ4n) is 3.18. The summed E-state index contributed by atoms with van der Waals surface area (Å²) in [6, 6.07) is 20.2. The number of anilines is 2. The molecule has 0 saturated heterocycles. The van der Waals surface area contributed by atoms with E-state index in [2.05, 4.69) is 5.32 Å². The predicted molar refractivity (Wildman–Crippen MR) is 132 cm³/mol. The van der Waals surface area contributed by atoms with Crippen molar-refractivity contribution in [1.82, 2.24) is 0 Å². The lowest BCUT2D eigenvalue weighted by molar-refractivity contribution is -0.114. The number of hydrogen-bond acceptors (Lipinski definition) is 6. The molecule has 0 radical (unpaired) electrons. The van der Waals surface area contributed by atoms with Crippen LogP contribution in [0.5, 0.6) is 11.5 Å². The van der Waals surface area contributed by atoms with Crippen LogP contribution >= 0.6 is 11.8 Å². The van der Waals surface area contributed by atoms with Crippen LogP contribution in [0.4, 0.5) is 11.4 Å². The van der Waals surface area contributed by atoms with Gasteiger partial charge in [0.1, 0.15) is 18.0 Å². The Morgan fingerprint density at radius 2 is 1.61 bits per heavy atom. The molecule has 0 spiro atoms. The third-order valence-corrected chi connectivity index (χ3v) is 7.27. The average Bonchev–Trinajstić information content (AvgIpc) is 2.83. The SMILES string of the molecule is CCOc1ccccc1N(CC(=O)Nc1ccccc1OC)S(=O)(=O)c1ccc(SC)cc1. The van der Waals surface area contributed by atoms with Crippen molar-refractivity contribution in [3.63, 3.8) is 0 Å². The van der Waals surface area contributed by atoms with Crippen molar-refractivity contribution >= 4 is 39.1 Å². The highest BCUT2D eigenvalue weighted by Crippen LogP contribution is 2.33. The number of carbonyl (C=O) groups is 1. The lowest BCUT2D eigenvalue weighted by Crippen LogP contribution is -2.38. The van der Waals surface area contributed by atoms with E-state index in [1.54, 1.807) is 60.7 Å². The van der Waals surface area contributed by atoms with Gasteiger partial charge in [0.25, 0.3) is 10.0 Å². The zero-order valence-corrected chi connectivity index (χ0v) is 20.3. The van der Waals surface area contributed by atoms with Crippen molar-refractivity contribution in [2.45, 2.75) is 16.7 Å². The maximum Gasteiger partial charge on any atom is 0.264 e. The minimum absolute atomic E-state index is 0.0803. The summed E-state index contributed by atoms with van der Waals surface area (Å²) in [5, 5.41) is 2.74. The predicted octanol–water partition coefficient (Wildman–Crippen LogP) is 4.65. The zero-order chi connectivity index (χ0) is 23.8. The molecular formula is C24H26N2O5S2. The highest BCUT2D eigenvalue weighted by atomic mass is 32.2. The lowest BCUT2D eigenvalue weighted by atomic mass is 10.2. The van der Waals surface area contributed by atoms with E-state index in [1.807, 2.05) is 13.2 Å². The average molecular weight is 487 g/mol. The molecule has 9 heteroatoms. The molecular weight excluding hydrogens is 460 g/mol. The molecule has 0 atom stereocenters. The summed E-state index contributed by atoms with van der Waals surface area (Å²) in [5.74, 6) is 0.326. The molecule has 7 nitrogen and oxygen atoms in total. The Morgan fingerprint density at radius 1 is 0.970 bits per heavy atom. The molecule has 174 valence electrons. The van der Waals surface area contributed by atoms with E-state index < -0.39 is 22.5 Å². The molecule has 3 rings (SSSR count). The fourth-order valence-corrected chi connectivity index (χ4v) is 5.02. The summed E-state index contributed by atoms with van der Waals surface area (Å²) in [6.07, 6.45) is 1.91. The standard InChI is InChI=1S/C24H26N2O5S2/c1-4-31-23-12-8-6-10-21(23)26(33(28,29)19-15-13-18(32-3)14-16-19)17-24(27)25-20-9-5-7-11-22(20)30-2/h5-16H,4,17H2,1-3H3,(H,25,27). The van der Waals surface area contributed by atoms with E-state index in [0.29, 0.717) is 23.8 Å². The molecule has 0 unspecified atom stereocenters. The van der Waals surface area contributed by atoms with Gasteiger partial charge < -0.3 is 14.8 Å². The van der Waals surface area contributed by atoms with Gasteiger partial charge in [0.2, 0.25) is 5.91 Å². The maximum absolute atomic E-state index is 13.7. The van der Waals surface area contributed by atoms with Crippen molar-refractivity contribution in [2.75, 3.05) is 36.1 Å². The second-order valence-electron chi connectivity index (χ2n) is 6.84. The number of sulfonamides is 1. The second kappa shape index (κ2) is 11.1. The van der Waals surface area contributed by atoms with Crippen LogP contribution in [0, 0.1) is 0 Å². The number of hydrogen-bond donors (Lipinski definition) is 1. The van der Waals surface area contributed by atoms with E-state index in [-0.39, 0.29) is 10.6 Å². The number of benzene rings is 3. The monoisotopic (exact) mass is 486 g/mol. The quantitative estimate of drug-likeness (QED) is 0.420. The van der Waals surface area contributed by atoms with Gasteiger partial charge >= 0.3 is 0 Å². The van der Waals surface area contributed by atoms with Crippen LogP contribution in [0.1, 0.15) is 6.92 Å². The molecule has 0 bridgehead atoms. The van der Waals surface area contributed by atoms with Crippen LogP contribution in [-0.4, -0.2) is 40.8 Å². The van der Waals surface area contributed by atoms with Gasteiger partial charge in [-0.3, -0.25) is 9.10 Å². The van der Waals surface area contributed by atoms with Crippen LogP contribution in [0.15, 0.2) is 82.6 Å². The molecule has 1 N–H and O–H groups in total. The van der Waals surface area contributed by atoms with Gasteiger partial charge in [-0.2, -0.15) is 0 Å². The maximum atomic E-state index is 13.7. The normalized spacial score (nSPS) is 11.0. The Kier molecular flexibility index (Phi) is 8.24. The summed E-state index contributed by atoms with van der Waals surface area (Å²) in [4.78, 5) is 14.0. The zero-order valence-electron chi connectivity index (χ0n) is 18.6. The highest BCUT2D eigenvalue weighted by molar-refractivity contribution is 7.98. The van der Waals surface area contributed by atoms with Gasteiger partial charge in [-0.15, -0.1) is 11.8 Å². The van der Waals surface area contributed by atoms with Crippen molar-refractivity contribution < 1.29 is 22.7 Å². The fraction of sp³-hybridized carbons (Fsp3) is 0.208.